The lowest BCUT2D eigenvalue weighted by Gasteiger charge is -2.28. The van der Waals surface area contributed by atoms with Crippen LogP contribution in [0.3, 0.4) is 0 Å². The van der Waals surface area contributed by atoms with Gasteiger partial charge in [0.25, 0.3) is 0 Å². The van der Waals surface area contributed by atoms with Crippen molar-refractivity contribution in [3.63, 3.8) is 0 Å². The quantitative estimate of drug-likeness (QED) is 0.494. The van der Waals surface area contributed by atoms with Crippen LogP contribution in [0.1, 0.15) is 44.0 Å². The summed E-state index contributed by atoms with van der Waals surface area (Å²) in [5.74, 6) is 0.939. The zero-order valence-electron chi connectivity index (χ0n) is 19.6. The van der Waals surface area contributed by atoms with Gasteiger partial charge in [-0.25, -0.2) is 14.8 Å². The minimum absolute atomic E-state index is 0.196. The third kappa shape index (κ3) is 6.26. The first kappa shape index (κ1) is 24.4. The number of amides is 1. The third-order valence-electron chi connectivity index (χ3n) is 5.39. The van der Waals surface area contributed by atoms with Gasteiger partial charge in [-0.2, -0.15) is 13.2 Å². The van der Waals surface area contributed by atoms with Gasteiger partial charge in [-0.15, -0.1) is 0 Å². The Bertz CT molecular complexity index is 1190. The minimum atomic E-state index is -4.42. The van der Waals surface area contributed by atoms with Gasteiger partial charge < -0.3 is 15.4 Å². The molecule has 1 aliphatic rings. The summed E-state index contributed by atoms with van der Waals surface area (Å²) in [4.78, 5) is 25.8. The van der Waals surface area contributed by atoms with Crippen LogP contribution >= 0.6 is 0 Å². The van der Waals surface area contributed by atoms with Gasteiger partial charge in [-0.3, -0.25) is 4.98 Å². The number of alkyl carbamates (subject to hydrolysis) is 1. The largest absolute Gasteiger partial charge is 0.444 e. The van der Waals surface area contributed by atoms with Crippen molar-refractivity contribution in [1.82, 2.24) is 20.3 Å². The van der Waals surface area contributed by atoms with E-state index in [9.17, 15) is 18.0 Å². The molecule has 0 saturated heterocycles. The number of rotatable bonds is 4. The molecule has 2 aromatic heterocycles. The molecule has 35 heavy (non-hydrogen) atoms. The highest BCUT2D eigenvalue weighted by Crippen LogP contribution is 2.33. The van der Waals surface area contributed by atoms with Crippen LogP contribution in [0.25, 0.3) is 11.4 Å². The number of fused-ring (bicyclic) bond motifs is 1. The predicted octanol–water partition coefficient (Wildman–Crippen LogP) is 5.68. The molecule has 0 spiro atoms. The van der Waals surface area contributed by atoms with E-state index in [-0.39, 0.29) is 6.04 Å². The molecule has 3 aromatic rings. The highest BCUT2D eigenvalue weighted by Gasteiger charge is 2.30. The average molecular weight is 486 g/mol. The van der Waals surface area contributed by atoms with Crippen molar-refractivity contribution in [3.8, 4) is 11.4 Å². The van der Waals surface area contributed by atoms with E-state index in [1.165, 1.54) is 12.1 Å². The molecule has 7 nitrogen and oxygen atoms in total. The molecule has 1 aromatic carbocycles. The second kappa shape index (κ2) is 9.52. The second-order valence-electron chi connectivity index (χ2n) is 9.35. The van der Waals surface area contributed by atoms with Crippen LogP contribution in [0.2, 0.25) is 0 Å². The van der Waals surface area contributed by atoms with Crippen molar-refractivity contribution < 1.29 is 22.7 Å². The van der Waals surface area contributed by atoms with Gasteiger partial charge in [0.15, 0.2) is 5.82 Å². The van der Waals surface area contributed by atoms with Crippen LogP contribution < -0.4 is 10.6 Å². The Balaban J connectivity index is 1.64. The highest BCUT2D eigenvalue weighted by molar-refractivity contribution is 5.69. The van der Waals surface area contributed by atoms with Gasteiger partial charge in [-0.1, -0.05) is 0 Å². The summed E-state index contributed by atoms with van der Waals surface area (Å²) < 4.78 is 44.3. The van der Waals surface area contributed by atoms with E-state index in [0.29, 0.717) is 36.6 Å². The molecule has 0 saturated carbocycles. The number of aryl methyl sites for hydroxylation is 1. The number of benzene rings is 1. The zero-order chi connectivity index (χ0) is 25.2. The molecule has 1 unspecified atom stereocenters. The first-order valence-corrected chi connectivity index (χ1v) is 11.2. The van der Waals surface area contributed by atoms with E-state index in [1.807, 2.05) is 6.07 Å². The number of anilines is 2. The van der Waals surface area contributed by atoms with Crippen molar-refractivity contribution in [2.45, 2.75) is 57.9 Å². The van der Waals surface area contributed by atoms with Crippen LogP contribution in [0, 0.1) is 0 Å². The Kier molecular flexibility index (Phi) is 6.64. The molecule has 0 bridgehead atoms. The molecule has 4 rings (SSSR count). The molecule has 0 radical (unpaired) electrons. The van der Waals surface area contributed by atoms with Crippen molar-refractivity contribution >= 4 is 17.6 Å². The molecule has 10 heteroatoms. The van der Waals surface area contributed by atoms with Crippen molar-refractivity contribution in [2.24, 2.45) is 0 Å². The normalized spacial score (nSPS) is 15.8. The summed E-state index contributed by atoms with van der Waals surface area (Å²) in [6, 6.07) is 8.18. The van der Waals surface area contributed by atoms with E-state index in [4.69, 9.17) is 9.72 Å². The lowest BCUT2D eigenvalue weighted by molar-refractivity contribution is -0.137. The van der Waals surface area contributed by atoms with E-state index in [0.717, 1.165) is 29.0 Å². The Morgan fingerprint density at radius 1 is 1.09 bits per heavy atom. The molecule has 2 N–H and O–H groups in total. The number of aromatic nitrogens is 3. The van der Waals surface area contributed by atoms with Gasteiger partial charge in [0, 0.05) is 40.9 Å². The summed E-state index contributed by atoms with van der Waals surface area (Å²) >= 11 is 0. The Morgan fingerprint density at radius 3 is 2.46 bits per heavy atom. The fourth-order valence-corrected chi connectivity index (χ4v) is 3.82. The maximum atomic E-state index is 13.0. The van der Waals surface area contributed by atoms with Crippen LogP contribution in [0.4, 0.5) is 29.5 Å². The maximum Gasteiger partial charge on any atom is 0.416 e. The molecule has 0 fully saturated rings. The summed E-state index contributed by atoms with van der Waals surface area (Å²) in [6.07, 6.45) is 0.0835. The Labute approximate surface area is 201 Å². The summed E-state index contributed by atoms with van der Waals surface area (Å²) in [5, 5.41) is 6.05. The monoisotopic (exact) mass is 485 g/mol. The lowest BCUT2D eigenvalue weighted by Crippen LogP contribution is -2.42. The Morgan fingerprint density at radius 2 is 1.83 bits per heavy atom. The number of carbonyl (C=O) groups is 1. The zero-order valence-corrected chi connectivity index (χ0v) is 19.6. The van der Waals surface area contributed by atoms with Gasteiger partial charge in [0.1, 0.15) is 11.4 Å². The molecule has 1 aliphatic carbocycles. The fraction of sp³-hybridized carbons (Fsp3) is 0.360. The second-order valence-corrected chi connectivity index (χ2v) is 9.35. The molecular weight excluding hydrogens is 459 g/mol. The van der Waals surface area contributed by atoms with E-state index in [2.05, 4.69) is 20.6 Å². The summed E-state index contributed by atoms with van der Waals surface area (Å²) in [7, 11) is 0. The topological polar surface area (TPSA) is 89.0 Å². The van der Waals surface area contributed by atoms with E-state index >= 15 is 0 Å². The number of hydrogen-bond acceptors (Lipinski definition) is 6. The number of pyridine rings is 1. The predicted molar refractivity (Wildman–Crippen MR) is 125 cm³/mol. The smallest absolute Gasteiger partial charge is 0.416 e. The summed E-state index contributed by atoms with van der Waals surface area (Å²) in [5.41, 5.74) is 1.44. The average Bonchev–Trinajstić information content (AvgIpc) is 2.78. The highest BCUT2D eigenvalue weighted by atomic mass is 19.4. The van der Waals surface area contributed by atoms with Gasteiger partial charge in [0.05, 0.1) is 5.56 Å². The van der Waals surface area contributed by atoms with Gasteiger partial charge in [-0.05, 0) is 76.4 Å². The molecular formula is C25H26F3N5O2. The maximum absolute atomic E-state index is 13.0. The van der Waals surface area contributed by atoms with Crippen molar-refractivity contribution in [3.05, 3.63) is 65.6 Å². The fourth-order valence-electron chi connectivity index (χ4n) is 3.82. The number of carbonyl (C=O) groups excluding carboxylic acids is 1. The molecule has 1 atom stereocenters. The van der Waals surface area contributed by atoms with E-state index < -0.39 is 23.4 Å². The molecule has 1 amide bonds. The van der Waals surface area contributed by atoms with Crippen molar-refractivity contribution in [2.75, 3.05) is 5.32 Å². The standard InChI is InChI=1S/C25H26F3N5O2/c1-24(2,3)35-23(34)31-18-10-11-20-19(13-18)22(33-21(32-20)15-5-4-12-29-14-15)30-17-8-6-16(7-9-17)25(26,27)28/h4-9,12,14,18H,10-11,13H2,1-3H3,(H,31,34)(H,30,32,33). The molecule has 184 valence electrons. The number of halogens is 3. The Hall–Kier alpha value is -3.69. The summed E-state index contributed by atoms with van der Waals surface area (Å²) in [6.45, 7) is 5.38. The number of nitrogens with zero attached hydrogens (tertiary/aromatic N) is 3. The van der Waals surface area contributed by atoms with Crippen LogP contribution in [0.5, 0.6) is 0 Å². The van der Waals surface area contributed by atoms with Gasteiger partial charge in [0.2, 0.25) is 0 Å². The van der Waals surface area contributed by atoms with Gasteiger partial charge >= 0.3 is 12.3 Å². The van der Waals surface area contributed by atoms with Crippen LogP contribution in [-0.2, 0) is 23.8 Å². The number of ether oxygens (including phenoxy) is 1. The van der Waals surface area contributed by atoms with Crippen molar-refractivity contribution in [1.29, 1.82) is 0 Å². The van der Waals surface area contributed by atoms with Crippen LogP contribution in [-0.4, -0.2) is 32.7 Å². The first-order chi connectivity index (χ1) is 16.5. The lowest BCUT2D eigenvalue weighted by atomic mass is 9.91. The van der Waals surface area contributed by atoms with E-state index in [1.54, 1.807) is 39.2 Å². The SMILES string of the molecule is CC(C)(C)OC(=O)NC1CCc2nc(-c3cccnc3)nc(Nc3ccc(C(F)(F)F)cc3)c2C1. The molecule has 0 aliphatic heterocycles. The van der Waals surface area contributed by atoms with Crippen LogP contribution in [0.15, 0.2) is 48.8 Å². The molecule has 2 heterocycles. The number of nitrogens with one attached hydrogen (secondary N) is 2. The first-order valence-electron chi connectivity index (χ1n) is 11.2. The number of hydrogen-bond donors (Lipinski definition) is 2. The third-order valence-corrected chi connectivity index (χ3v) is 5.39. The minimum Gasteiger partial charge on any atom is -0.444 e. The number of alkyl halides is 3.